The molecule has 0 saturated carbocycles. The van der Waals surface area contributed by atoms with Crippen LogP contribution in [0.1, 0.15) is 11.1 Å². The first-order valence-electron chi connectivity index (χ1n) is 8.76. The van der Waals surface area contributed by atoms with Crippen LogP contribution in [0.4, 0.5) is 0 Å². The Kier molecular flexibility index (Phi) is 8.26. The van der Waals surface area contributed by atoms with E-state index in [0.29, 0.717) is 28.6 Å². The van der Waals surface area contributed by atoms with Gasteiger partial charge in [-0.15, -0.1) is 24.8 Å². The number of rotatable bonds is 5. The van der Waals surface area contributed by atoms with Gasteiger partial charge >= 0.3 is 5.63 Å². The predicted molar refractivity (Wildman–Crippen MR) is 124 cm³/mol. The van der Waals surface area contributed by atoms with E-state index in [2.05, 4.69) is 10.3 Å². The number of phenolic OH excluding ortho intramolecular Hbond substituents is 1. The molecule has 0 amide bonds. The van der Waals surface area contributed by atoms with Crippen molar-refractivity contribution in [3.8, 4) is 16.9 Å². The first kappa shape index (κ1) is 23.7. The van der Waals surface area contributed by atoms with Gasteiger partial charge in [-0.25, -0.2) is 4.79 Å². The molecule has 2 N–H and O–H groups in total. The lowest BCUT2D eigenvalue weighted by molar-refractivity contribution is 0.461. The molecule has 0 spiro atoms. The number of aromatic hydroxyl groups is 1. The summed E-state index contributed by atoms with van der Waals surface area (Å²) >= 11 is 6.28. The Morgan fingerprint density at radius 3 is 2.40 bits per heavy atom. The molecule has 4 rings (SSSR count). The number of aromatic nitrogens is 1. The van der Waals surface area contributed by atoms with Gasteiger partial charge in [-0.1, -0.05) is 41.9 Å². The average molecular weight is 466 g/mol. The van der Waals surface area contributed by atoms with Crippen molar-refractivity contribution < 1.29 is 9.52 Å². The van der Waals surface area contributed by atoms with Crippen LogP contribution < -0.4 is 10.9 Å². The molecule has 0 atom stereocenters. The second-order valence-corrected chi connectivity index (χ2v) is 6.77. The van der Waals surface area contributed by atoms with Gasteiger partial charge in [0.1, 0.15) is 11.3 Å². The van der Waals surface area contributed by atoms with Gasteiger partial charge in [0.25, 0.3) is 0 Å². The highest BCUT2D eigenvalue weighted by molar-refractivity contribution is 6.33. The highest BCUT2D eigenvalue weighted by atomic mass is 35.5. The SMILES string of the molecule is Cl.Cl.O=c1cc(-c2ccccc2)c2cc(Cl)c(O)c(CNCc3ccncc3)c2o1. The van der Waals surface area contributed by atoms with E-state index in [1.807, 2.05) is 42.5 Å². The maximum atomic E-state index is 12.2. The van der Waals surface area contributed by atoms with Crippen LogP contribution >= 0.6 is 36.4 Å². The molecular formula is C22H19Cl3N2O3. The summed E-state index contributed by atoms with van der Waals surface area (Å²) in [6.07, 6.45) is 3.43. The van der Waals surface area contributed by atoms with Gasteiger partial charge in [0, 0.05) is 36.9 Å². The summed E-state index contributed by atoms with van der Waals surface area (Å²) < 4.78 is 5.47. The average Bonchev–Trinajstić information content (AvgIpc) is 2.72. The fourth-order valence-electron chi connectivity index (χ4n) is 3.17. The van der Waals surface area contributed by atoms with Gasteiger partial charge in [0.2, 0.25) is 0 Å². The van der Waals surface area contributed by atoms with Crippen molar-refractivity contribution >= 4 is 47.4 Å². The normalized spacial score (nSPS) is 10.3. The lowest BCUT2D eigenvalue weighted by Crippen LogP contribution is -2.14. The van der Waals surface area contributed by atoms with Crippen LogP contribution in [0, 0.1) is 0 Å². The Bertz CT molecular complexity index is 1180. The number of hydrogen-bond donors (Lipinski definition) is 2. The molecule has 8 heteroatoms. The number of halogens is 3. The van der Waals surface area contributed by atoms with E-state index >= 15 is 0 Å². The molecule has 5 nitrogen and oxygen atoms in total. The fraction of sp³-hybridized carbons (Fsp3) is 0.0909. The smallest absolute Gasteiger partial charge is 0.336 e. The largest absolute Gasteiger partial charge is 0.506 e. The molecule has 156 valence electrons. The molecular weight excluding hydrogens is 447 g/mol. The Morgan fingerprint density at radius 2 is 1.70 bits per heavy atom. The zero-order chi connectivity index (χ0) is 19.5. The number of pyridine rings is 1. The third kappa shape index (κ3) is 4.94. The zero-order valence-electron chi connectivity index (χ0n) is 15.7. The van der Waals surface area contributed by atoms with Gasteiger partial charge < -0.3 is 14.8 Å². The van der Waals surface area contributed by atoms with Gasteiger partial charge in [-0.3, -0.25) is 4.98 Å². The van der Waals surface area contributed by atoms with E-state index in [1.165, 1.54) is 6.07 Å². The Labute approximate surface area is 190 Å². The van der Waals surface area contributed by atoms with Crippen molar-refractivity contribution in [2.75, 3.05) is 0 Å². The fourth-order valence-corrected chi connectivity index (χ4v) is 3.39. The predicted octanol–water partition coefficient (Wildman–Crippen LogP) is 5.35. The monoisotopic (exact) mass is 464 g/mol. The summed E-state index contributed by atoms with van der Waals surface area (Å²) in [6, 6.07) is 16.4. The number of nitrogens with one attached hydrogen (secondary N) is 1. The van der Waals surface area contributed by atoms with Gasteiger partial charge in [0.05, 0.1) is 10.6 Å². The third-order valence-corrected chi connectivity index (χ3v) is 4.81. The number of hydrogen-bond acceptors (Lipinski definition) is 5. The van der Waals surface area contributed by atoms with E-state index in [0.717, 1.165) is 11.1 Å². The molecule has 30 heavy (non-hydrogen) atoms. The Hall–Kier alpha value is -2.57. The van der Waals surface area contributed by atoms with Gasteiger partial charge in [0.15, 0.2) is 0 Å². The first-order valence-corrected chi connectivity index (χ1v) is 9.14. The van der Waals surface area contributed by atoms with E-state index < -0.39 is 5.63 Å². The minimum atomic E-state index is -0.483. The number of benzene rings is 2. The topological polar surface area (TPSA) is 75.4 Å². The first-order chi connectivity index (χ1) is 13.6. The van der Waals surface area contributed by atoms with Crippen LogP contribution in [0.3, 0.4) is 0 Å². The summed E-state index contributed by atoms with van der Waals surface area (Å²) in [5.41, 5.74) is 2.93. The lowest BCUT2D eigenvalue weighted by atomic mass is 9.99. The van der Waals surface area contributed by atoms with Crippen LogP contribution in [-0.2, 0) is 13.1 Å². The Balaban J connectivity index is 0.00000160. The maximum absolute atomic E-state index is 12.2. The molecule has 0 aliphatic heterocycles. The van der Waals surface area contributed by atoms with Crippen molar-refractivity contribution in [1.82, 2.24) is 10.3 Å². The maximum Gasteiger partial charge on any atom is 0.336 e. The van der Waals surface area contributed by atoms with Crippen molar-refractivity contribution in [1.29, 1.82) is 0 Å². The standard InChI is InChI=1S/C22H17ClN2O3.2ClH/c23-19-10-17-16(15-4-2-1-3-5-15)11-20(26)28-22(17)18(21(19)27)13-25-12-14-6-8-24-9-7-14;;/h1-11,25,27H,12-13H2;2*1H. The molecule has 0 fully saturated rings. The minimum Gasteiger partial charge on any atom is -0.506 e. The van der Waals surface area contributed by atoms with Crippen molar-refractivity contribution in [2.45, 2.75) is 13.1 Å². The molecule has 2 aromatic heterocycles. The summed E-state index contributed by atoms with van der Waals surface area (Å²) in [7, 11) is 0. The van der Waals surface area contributed by atoms with Gasteiger partial charge in [-0.2, -0.15) is 0 Å². The number of fused-ring (bicyclic) bond motifs is 1. The van der Waals surface area contributed by atoms with Crippen LogP contribution in [0.25, 0.3) is 22.1 Å². The molecule has 2 heterocycles. The van der Waals surface area contributed by atoms with Gasteiger partial charge in [-0.05, 0) is 34.9 Å². The molecule has 0 aliphatic rings. The minimum absolute atomic E-state index is 0. The zero-order valence-corrected chi connectivity index (χ0v) is 18.1. The van der Waals surface area contributed by atoms with E-state index in [4.69, 9.17) is 16.0 Å². The quantitative estimate of drug-likeness (QED) is 0.389. The van der Waals surface area contributed by atoms with Crippen LogP contribution in [-0.4, -0.2) is 10.1 Å². The molecule has 0 bridgehead atoms. The summed E-state index contributed by atoms with van der Waals surface area (Å²) in [6.45, 7) is 0.852. The van der Waals surface area contributed by atoms with Crippen LogP contribution in [0.15, 0.2) is 76.2 Å². The van der Waals surface area contributed by atoms with E-state index in [9.17, 15) is 9.90 Å². The van der Waals surface area contributed by atoms with E-state index in [1.54, 1.807) is 18.5 Å². The second-order valence-electron chi connectivity index (χ2n) is 6.37. The molecule has 4 aromatic rings. The van der Waals surface area contributed by atoms with Crippen LogP contribution in [0.5, 0.6) is 5.75 Å². The Morgan fingerprint density at radius 1 is 1.00 bits per heavy atom. The molecule has 0 aliphatic carbocycles. The lowest BCUT2D eigenvalue weighted by Gasteiger charge is -2.13. The second kappa shape index (κ2) is 10.5. The molecule has 0 radical (unpaired) electrons. The van der Waals surface area contributed by atoms with Crippen molar-refractivity contribution in [3.05, 3.63) is 93.6 Å². The van der Waals surface area contributed by atoms with Crippen molar-refractivity contribution in [2.24, 2.45) is 0 Å². The van der Waals surface area contributed by atoms with Crippen molar-refractivity contribution in [3.63, 3.8) is 0 Å². The summed E-state index contributed by atoms with van der Waals surface area (Å²) in [5, 5.41) is 14.6. The highest BCUT2D eigenvalue weighted by Crippen LogP contribution is 2.38. The molecule has 0 saturated heterocycles. The summed E-state index contributed by atoms with van der Waals surface area (Å²) in [4.78, 5) is 16.2. The number of nitrogens with zero attached hydrogens (tertiary/aromatic N) is 1. The van der Waals surface area contributed by atoms with E-state index in [-0.39, 0.29) is 42.1 Å². The van der Waals surface area contributed by atoms with Crippen LogP contribution in [0.2, 0.25) is 5.02 Å². The molecule has 2 aromatic carbocycles. The molecule has 0 unspecified atom stereocenters. The summed E-state index contributed by atoms with van der Waals surface area (Å²) in [5.74, 6) is -0.0928. The third-order valence-electron chi connectivity index (χ3n) is 4.52. The number of phenols is 1. The highest BCUT2D eigenvalue weighted by Gasteiger charge is 2.17.